The number of aryl methyl sites for hydroxylation is 1. The maximum absolute atomic E-state index is 12.7. The first-order valence-corrected chi connectivity index (χ1v) is 7.80. The summed E-state index contributed by atoms with van der Waals surface area (Å²) in [6, 6.07) is 11.4. The minimum absolute atomic E-state index is 0.117. The fourth-order valence-corrected chi connectivity index (χ4v) is 3.24. The van der Waals surface area contributed by atoms with Crippen molar-refractivity contribution in [3.63, 3.8) is 0 Å². The molecule has 0 fully saturated rings. The zero-order valence-corrected chi connectivity index (χ0v) is 13.4. The van der Waals surface area contributed by atoms with Crippen LogP contribution in [0.5, 0.6) is 5.75 Å². The molecule has 0 unspecified atom stereocenters. The van der Waals surface area contributed by atoms with Crippen molar-refractivity contribution >= 4 is 16.9 Å². The summed E-state index contributed by atoms with van der Waals surface area (Å²) in [6.45, 7) is 1.82. The van der Waals surface area contributed by atoms with Crippen molar-refractivity contribution < 1.29 is 9.53 Å². The molecule has 0 amide bonds. The third-order valence-electron chi connectivity index (χ3n) is 4.64. The molecule has 0 saturated carbocycles. The molecular formula is C19H16N2O3. The SMILES string of the molecule is Cc1cc2c(c(=O)n1C)[C@@H](c1ccc3ncccc3c1)CC(=O)O2. The van der Waals surface area contributed by atoms with Crippen LogP contribution in [0, 0.1) is 6.92 Å². The first-order valence-electron chi connectivity index (χ1n) is 7.80. The van der Waals surface area contributed by atoms with Crippen molar-refractivity contribution in [2.24, 2.45) is 7.05 Å². The molecule has 0 aliphatic carbocycles. The average Bonchev–Trinajstić information content (AvgIpc) is 2.58. The third-order valence-corrected chi connectivity index (χ3v) is 4.64. The molecule has 24 heavy (non-hydrogen) atoms. The van der Waals surface area contributed by atoms with Gasteiger partial charge in [-0.3, -0.25) is 14.6 Å². The van der Waals surface area contributed by atoms with E-state index < -0.39 is 0 Å². The predicted molar refractivity (Wildman–Crippen MR) is 90.3 cm³/mol. The number of pyridine rings is 2. The van der Waals surface area contributed by atoms with Gasteiger partial charge < -0.3 is 9.30 Å². The summed E-state index contributed by atoms with van der Waals surface area (Å²) in [4.78, 5) is 29.1. The summed E-state index contributed by atoms with van der Waals surface area (Å²) in [6.07, 6.45) is 1.91. The Morgan fingerprint density at radius 2 is 2.04 bits per heavy atom. The van der Waals surface area contributed by atoms with Crippen LogP contribution in [0.3, 0.4) is 0 Å². The van der Waals surface area contributed by atoms with E-state index in [2.05, 4.69) is 4.98 Å². The Balaban J connectivity index is 1.94. The van der Waals surface area contributed by atoms with Gasteiger partial charge in [-0.2, -0.15) is 0 Å². The van der Waals surface area contributed by atoms with Crippen LogP contribution in [0.4, 0.5) is 0 Å². The maximum atomic E-state index is 12.7. The molecule has 0 bridgehead atoms. The minimum atomic E-state index is -0.313. The quantitative estimate of drug-likeness (QED) is 0.647. The summed E-state index contributed by atoms with van der Waals surface area (Å²) in [7, 11) is 1.73. The minimum Gasteiger partial charge on any atom is -0.426 e. The molecule has 0 saturated heterocycles. The van der Waals surface area contributed by atoms with Crippen molar-refractivity contribution in [1.82, 2.24) is 9.55 Å². The number of benzene rings is 1. The highest BCUT2D eigenvalue weighted by Crippen LogP contribution is 2.37. The second-order valence-corrected chi connectivity index (χ2v) is 6.11. The van der Waals surface area contributed by atoms with Crippen LogP contribution in [0.1, 0.15) is 29.2 Å². The van der Waals surface area contributed by atoms with Crippen LogP contribution in [0.25, 0.3) is 10.9 Å². The Kier molecular flexibility index (Phi) is 3.23. The van der Waals surface area contributed by atoms with Crippen LogP contribution < -0.4 is 10.3 Å². The number of ether oxygens (including phenoxy) is 1. The molecule has 1 aliphatic heterocycles. The molecule has 5 heteroatoms. The molecule has 2 aromatic heterocycles. The van der Waals surface area contributed by atoms with E-state index in [4.69, 9.17) is 4.74 Å². The third kappa shape index (κ3) is 2.21. The molecule has 0 spiro atoms. The van der Waals surface area contributed by atoms with Crippen LogP contribution in [-0.4, -0.2) is 15.5 Å². The summed E-state index contributed by atoms with van der Waals surface area (Å²) < 4.78 is 6.91. The Morgan fingerprint density at radius 3 is 2.88 bits per heavy atom. The Hall–Kier alpha value is -2.95. The van der Waals surface area contributed by atoms with Crippen LogP contribution >= 0.6 is 0 Å². The molecule has 1 aliphatic rings. The number of esters is 1. The number of carbonyl (C=O) groups excluding carboxylic acids is 1. The fraction of sp³-hybridized carbons (Fsp3) is 0.211. The zero-order chi connectivity index (χ0) is 16.8. The van der Waals surface area contributed by atoms with E-state index in [1.54, 1.807) is 23.9 Å². The van der Waals surface area contributed by atoms with Gasteiger partial charge in [0.1, 0.15) is 5.75 Å². The number of rotatable bonds is 1. The van der Waals surface area contributed by atoms with Gasteiger partial charge in [-0.05, 0) is 30.7 Å². The lowest BCUT2D eigenvalue weighted by Crippen LogP contribution is -2.31. The molecule has 5 nitrogen and oxygen atoms in total. The van der Waals surface area contributed by atoms with Crippen LogP contribution in [0.15, 0.2) is 47.4 Å². The molecule has 3 heterocycles. The van der Waals surface area contributed by atoms with Crippen molar-refractivity contribution in [1.29, 1.82) is 0 Å². The summed E-state index contributed by atoms with van der Waals surface area (Å²) >= 11 is 0. The van der Waals surface area contributed by atoms with E-state index in [9.17, 15) is 9.59 Å². The smallest absolute Gasteiger partial charge is 0.312 e. The molecule has 1 aromatic carbocycles. The van der Waals surface area contributed by atoms with E-state index in [0.29, 0.717) is 11.3 Å². The Morgan fingerprint density at radius 1 is 1.21 bits per heavy atom. The van der Waals surface area contributed by atoms with Crippen molar-refractivity contribution in [3.05, 3.63) is 69.8 Å². The number of fused-ring (bicyclic) bond motifs is 2. The first-order chi connectivity index (χ1) is 11.5. The van der Waals surface area contributed by atoms with E-state index in [1.165, 1.54) is 0 Å². The average molecular weight is 320 g/mol. The molecule has 0 radical (unpaired) electrons. The molecule has 3 aromatic rings. The lowest BCUT2D eigenvalue weighted by atomic mass is 9.86. The number of nitrogens with zero attached hydrogens (tertiary/aromatic N) is 2. The lowest BCUT2D eigenvalue weighted by molar-refractivity contribution is -0.135. The second kappa shape index (κ2) is 5.30. The standard InChI is InChI=1S/C19H16N2O3/c1-11-8-16-18(19(23)21(11)2)14(10-17(22)24-16)12-5-6-15-13(9-12)4-3-7-20-15/h3-9,14H,10H2,1-2H3/t14-/m1/s1. The second-order valence-electron chi connectivity index (χ2n) is 6.11. The topological polar surface area (TPSA) is 61.2 Å². The summed E-state index contributed by atoms with van der Waals surface area (Å²) in [5.74, 6) is -0.236. The van der Waals surface area contributed by atoms with Gasteiger partial charge in [-0.15, -0.1) is 0 Å². The Labute approximate surface area is 138 Å². The number of hydrogen-bond donors (Lipinski definition) is 0. The highest BCUT2D eigenvalue weighted by molar-refractivity contribution is 5.81. The monoisotopic (exact) mass is 320 g/mol. The normalized spacial score (nSPS) is 16.8. The number of aromatic nitrogens is 2. The van der Waals surface area contributed by atoms with Gasteiger partial charge >= 0.3 is 5.97 Å². The van der Waals surface area contributed by atoms with Gasteiger partial charge in [-0.1, -0.05) is 12.1 Å². The van der Waals surface area contributed by atoms with Crippen LogP contribution in [-0.2, 0) is 11.8 Å². The number of hydrogen-bond acceptors (Lipinski definition) is 4. The highest BCUT2D eigenvalue weighted by Gasteiger charge is 2.32. The molecule has 120 valence electrons. The van der Waals surface area contributed by atoms with Gasteiger partial charge in [0.25, 0.3) is 5.56 Å². The summed E-state index contributed by atoms with van der Waals surface area (Å²) in [5.41, 5.74) is 3.00. The van der Waals surface area contributed by atoms with Crippen LogP contribution in [0.2, 0.25) is 0 Å². The predicted octanol–water partition coefficient (Wildman–Crippen LogP) is 2.68. The fourth-order valence-electron chi connectivity index (χ4n) is 3.24. The lowest BCUT2D eigenvalue weighted by Gasteiger charge is -2.25. The van der Waals surface area contributed by atoms with E-state index in [-0.39, 0.29) is 23.9 Å². The number of carbonyl (C=O) groups is 1. The zero-order valence-electron chi connectivity index (χ0n) is 13.4. The van der Waals surface area contributed by atoms with Gasteiger partial charge in [0.15, 0.2) is 0 Å². The van der Waals surface area contributed by atoms with E-state index >= 15 is 0 Å². The highest BCUT2D eigenvalue weighted by atomic mass is 16.5. The molecule has 4 rings (SSSR count). The van der Waals surface area contributed by atoms with E-state index in [1.807, 2.05) is 37.3 Å². The largest absolute Gasteiger partial charge is 0.426 e. The summed E-state index contributed by atoms with van der Waals surface area (Å²) in [5, 5.41) is 0.986. The van der Waals surface area contributed by atoms with Gasteiger partial charge in [0.05, 0.1) is 17.5 Å². The van der Waals surface area contributed by atoms with Gasteiger partial charge in [-0.25, -0.2) is 0 Å². The van der Waals surface area contributed by atoms with E-state index in [0.717, 1.165) is 22.2 Å². The Bertz CT molecular complexity index is 1040. The molecule has 1 atom stereocenters. The van der Waals surface area contributed by atoms with Crippen molar-refractivity contribution in [2.75, 3.05) is 0 Å². The first kappa shape index (κ1) is 14.6. The molecular weight excluding hydrogens is 304 g/mol. The van der Waals surface area contributed by atoms with Gasteiger partial charge in [0.2, 0.25) is 0 Å². The molecule has 0 N–H and O–H groups in total. The van der Waals surface area contributed by atoms with Gasteiger partial charge in [0, 0.05) is 36.3 Å². The maximum Gasteiger partial charge on any atom is 0.312 e. The van der Waals surface area contributed by atoms with Crippen molar-refractivity contribution in [3.8, 4) is 5.75 Å². The van der Waals surface area contributed by atoms with Crippen molar-refractivity contribution in [2.45, 2.75) is 19.3 Å².